The topological polar surface area (TPSA) is 3.24 Å². The minimum absolute atomic E-state index is 1.12. The zero-order valence-electron chi connectivity index (χ0n) is 26.3. The van der Waals surface area contributed by atoms with Crippen molar-refractivity contribution >= 4 is 59.3 Å². The predicted molar refractivity (Wildman–Crippen MR) is 208 cm³/mol. The minimum atomic E-state index is 1.12. The van der Waals surface area contributed by atoms with Crippen molar-refractivity contribution in [1.82, 2.24) is 0 Å². The Bertz CT molecular complexity index is 2560. The van der Waals surface area contributed by atoms with Crippen molar-refractivity contribution in [2.75, 3.05) is 4.90 Å². The van der Waals surface area contributed by atoms with Crippen molar-refractivity contribution in [3.8, 4) is 33.4 Å². The molecule has 226 valence electrons. The van der Waals surface area contributed by atoms with Crippen molar-refractivity contribution in [1.29, 1.82) is 0 Å². The van der Waals surface area contributed by atoms with Gasteiger partial charge in [-0.15, -0.1) is 11.3 Å². The number of anilines is 3. The minimum Gasteiger partial charge on any atom is -0.310 e. The molecule has 8 aromatic carbocycles. The standard InChI is InChI=1S/C46H31NS/c1-2-12-32(13-3-1)33-24-26-35(27-25-33)41-19-6-8-22-44(41)47(38-28-29-46-43(31-38)42-20-7-9-23-45(42)48-46)37-17-10-16-36(30-37)40-21-11-15-34-14-4-5-18-39(34)40/h1-31H. The van der Waals surface area contributed by atoms with Crippen LogP contribution in [0.1, 0.15) is 0 Å². The zero-order chi connectivity index (χ0) is 31.9. The lowest BCUT2D eigenvalue weighted by molar-refractivity contribution is 1.29. The van der Waals surface area contributed by atoms with Crippen LogP contribution in [0.2, 0.25) is 0 Å². The quantitative estimate of drug-likeness (QED) is 0.177. The molecule has 0 bridgehead atoms. The fourth-order valence-corrected chi connectivity index (χ4v) is 8.04. The highest BCUT2D eigenvalue weighted by atomic mass is 32.1. The molecule has 0 amide bonds. The lowest BCUT2D eigenvalue weighted by Gasteiger charge is -2.28. The number of fused-ring (bicyclic) bond motifs is 4. The summed E-state index contributed by atoms with van der Waals surface area (Å²) in [5, 5.41) is 5.09. The molecule has 0 spiro atoms. The molecule has 48 heavy (non-hydrogen) atoms. The largest absolute Gasteiger partial charge is 0.310 e. The van der Waals surface area contributed by atoms with Gasteiger partial charge in [-0.25, -0.2) is 0 Å². The Kier molecular flexibility index (Phi) is 7.07. The molecule has 2 heteroatoms. The van der Waals surface area contributed by atoms with Crippen LogP contribution in [0.15, 0.2) is 188 Å². The second-order valence-corrected chi connectivity index (χ2v) is 13.2. The summed E-state index contributed by atoms with van der Waals surface area (Å²) in [6.07, 6.45) is 0. The molecule has 0 aliphatic heterocycles. The van der Waals surface area contributed by atoms with Crippen LogP contribution in [-0.2, 0) is 0 Å². The van der Waals surface area contributed by atoms with Crippen molar-refractivity contribution in [2.45, 2.75) is 0 Å². The first-order valence-electron chi connectivity index (χ1n) is 16.3. The van der Waals surface area contributed by atoms with E-state index >= 15 is 0 Å². The molecule has 0 N–H and O–H groups in total. The third-order valence-corrected chi connectivity index (χ3v) is 10.4. The average molecular weight is 630 g/mol. The van der Waals surface area contributed by atoms with Gasteiger partial charge in [0.05, 0.1) is 5.69 Å². The van der Waals surface area contributed by atoms with E-state index in [0.717, 1.165) is 17.1 Å². The molecule has 0 aliphatic rings. The summed E-state index contributed by atoms with van der Waals surface area (Å²) in [4.78, 5) is 2.43. The van der Waals surface area contributed by atoms with Crippen molar-refractivity contribution in [3.63, 3.8) is 0 Å². The van der Waals surface area contributed by atoms with E-state index in [9.17, 15) is 0 Å². The van der Waals surface area contributed by atoms with E-state index in [1.54, 1.807) is 0 Å². The first-order chi connectivity index (χ1) is 23.8. The number of thiophene rings is 1. The second-order valence-electron chi connectivity index (χ2n) is 12.2. The summed E-state index contributed by atoms with van der Waals surface area (Å²) in [7, 11) is 0. The molecule has 9 rings (SSSR count). The van der Waals surface area contributed by atoms with Gasteiger partial charge in [-0.05, 0) is 81.1 Å². The van der Waals surface area contributed by atoms with Crippen LogP contribution < -0.4 is 4.90 Å². The Hall–Kier alpha value is -5.96. The first-order valence-corrected chi connectivity index (χ1v) is 17.2. The normalized spacial score (nSPS) is 11.3. The summed E-state index contributed by atoms with van der Waals surface area (Å²) >= 11 is 1.86. The summed E-state index contributed by atoms with van der Waals surface area (Å²) in [6.45, 7) is 0. The van der Waals surface area contributed by atoms with Gasteiger partial charge >= 0.3 is 0 Å². The summed E-state index contributed by atoms with van der Waals surface area (Å²) in [6, 6.07) is 68.2. The average Bonchev–Trinajstić information content (AvgIpc) is 3.54. The second kappa shape index (κ2) is 12.0. The van der Waals surface area contributed by atoms with Crippen LogP contribution in [-0.4, -0.2) is 0 Å². The van der Waals surface area contributed by atoms with Gasteiger partial charge in [0.1, 0.15) is 0 Å². The van der Waals surface area contributed by atoms with E-state index in [1.807, 2.05) is 11.3 Å². The summed E-state index contributed by atoms with van der Waals surface area (Å²) in [5.74, 6) is 0. The molecule has 0 unspecified atom stereocenters. The molecule has 1 nitrogen and oxygen atoms in total. The van der Waals surface area contributed by atoms with Crippen LogP contribution in [0, 0.1) is 0 Å². The third-order valence-electron chi connectivity index (χ3n) is 9.27. The maximum atomic E-state index is 2.43. The molecule has 0 atom stereocenters. The van der Waals surface area contributed by atoms with E-state index in [2.05, 4.69) is 193 Å². The number of rotatable bonds is 6. The fraction of sp³-hybridized carbons (Fsp3) is 0. The maximum Gasteiger partial charge on any atom is 0.0540 e. The van der Waals surface area contributed by atoms with Crippen LogP contribution in [0.25, 0.3) is 64.3 Å². The van der Waals surface area contributed by atoms with Gasteiger partial charge in [0.15, 0.2) is 0 Å². The van der Waals surface area contributed by atoms with Gasteiger partial charge in [-0.2, -0.15) is 0 Å². The van der Waals surface area contributed by atoms with Crippen LogP contribution in [0.5, 0.6) is 0 Å². The third kappa shape index (κ3) is 5.04. The van der Waals surface area contributed by atoms with Crippen LogP contribution in [0.4, 0.5) is 17.1 Å². The van der Waals surface area contributed by atoms with E-state index < -0.39 is 0 Å². The lowest BCUT2D eigenvalue weighted by atomic mass is 9.96. The Morgan fingerprint density at radius 2 is 0.938 bits per heavy atom. The van der Waals surface area contributed by atoms with Crippen LogP contribution in [0.3, 0.4) is 0 Å². The van der Waals surface area contributed by atoms with E-state index in [1.165, 1.54) is 64.3 Å². The predicted octanol–water partition coefficient (Wildman–Crippen LogP) is 13.7. The Morgan fingerprint density at radius 1 is 0.333 bits per heavy atom. The lowest BCUT2D eigenvalue weighted by Crippen LogP contribution is -2.11. The molecule has 0 radical (unpaired) electrons. The molecule has 0 aliphatic carbocycles. The molecular formula is C46H31NS. The molecule has 9 aromatic rings. The molecule has 0 saturated heterocycles. The SMILES string of the molecule is c1ccc(-c2ccc(-c3ccccc3N(c3cccc(-c4cccc5ccccc45)c3)c3ccc4sc5ccccc5c4c3)cc2)cc1. The molecule has 0 fully saturated rings. The van der Waals surface area contributed by atoms with E-state index in [-0.39, 0.29) is 0 Å². The number of hydrogen-bond donors (Lipinski definition) is 0. The number of benzene rings is 8. The molecular weight excluding hydrogens is 599 g/mol. The van der Waals surface area contributed by atoms with Crippen LogP contribution >= 0.6 is 11.3 Å². The highest BCUT2D eigenvalue weighted by Crippen LogP contribution is 2.45. The number of nitrogens with zero attached hydrogens (tertiary/aromatic N) is 1. The van der Waals surface area contributed by atoms with Gasteiger partial charge in [-0.3, -0.25) is 0 Å². The van der Waals surface area contributed by atoms with Crippen molar-refractivity contribution < 1.29 is 0 Å². The highest BCUT2D eigenvalue weighted by Gasteiger charge is 2.19. The number of hydrogen-bond acceptors (Lipinski definition) is 2. The summed E-state index contributed by atoms with van der Waals surface area (Å²) in [5.41, 5.74) is 10.6. The fourth-order valence-electron chi connectivity index (χ4n) is 6.96. The number of para-hydroxylation sites is 1. The smallest absolute Gasteiger partial charge is 0.0540 e. The van der Waals surface area contributed by atoms with Gasteiger partial charge < -0.3 is 4.90 Å². The van der Waals surface area contributed by atoms with Gasteiger partial charge in [0.2, 0.25) is 0 Å². The van der Waals surface area contributed by atoms with E-state index in [0.29, 0.717) is 0 Å². The molecule has 1 heterocycles. The Morgan fingerprint density at radius 3 is 1.83 bits per heavy atom. The monoisotopic (exact) mass is 629 g/mol. The first kappa shape index (κ1) is 28.3. The molecule has 1 aromatic heterocycles. The van der Waals surface area contributed by atoms with Gasteiger partial charge in [-0.1, -0.05) is 146 Å². The zero-order valence-corrected chi connectivity index (χ0v) is 27.1. The molecule has 0 saturated carbocycles. The van der Waals surface area contributed by atoms with Crippen molar-refractivity contribution in [2.24, 2.45) is 0 Å². The van der Waals surface area contributed by atoms with Gasteiger partial charge in [0.25, 0.3) is 0 Å². The highest BCUT2D eigenvalue weighted by molar-refractivity contribution is 7.25. The van der Waals surface area contributed by atoms with Crippen molar-refractivity contribution in [3.05, 3.63) is 188 Å². The Labute approximate surface area is 284 Å². The van der Waals surface area contributed by atoms with E-state index in [4.69, 9.17) is 0 Å². The maximum absolute atomic E-state index is 2.43. The van der Waals surface area contributed by atoms with Gasteiger partial charge in [0, 0.05) is 37.1 Å². The Balaban J connectivity index is 1.24. The summed E-state index contributed by atoms with van der Waals surface area (Å²) < 4.78 is 2.61.